The van der Waals surface area contributed by atoms with Crippen molar-refractivity contribution >= 4 is 39.4 Å². The average molecular weight is 447 g/mol. The zero-order valence-corrected chi connectivity index (χ0v) is 18.4. The van der Waals surface area contributed by atoms with E-state index in [1.165, 1.54) is 27.7 Å². The zero-order valence-electron chi connectivity index (χ0n) is 17.5. The number of benzene rings is 3. The lowest BCUT2D eigenvalue weighted by atomic mass is 10.0. The molecule has 1 N–H and O–H groups in total. The number of carbonyl (C=O) groups excluding carboxylic acids is 2. The fraction of sp³-hybridized carbons (Fsp3) is 0.160. The van der Waals surface area contributed by atoms with Crippen LogP contribution in [0.25, 0.3) is 10.8 Å². The van der Waals surface area contributed by atoms with E-state index >= 15 is 0 Å². The van der Waals surface area contributed by atoms with Crippen LogP contribution in [0, 0.1) is 0 Å². The highest BCUT2D eigenvalue weighted by atomic mass is 32.1. The Balaban J connectivity index is 1.37. The minimum Gasteiger partial charge on any atom is -0.490 e. The number of amides is 1. The Morgan fingerprint density at radius 3 is 2.75 bits per heavy atom. The van der Waals surface area contributed by atoms with Crippen molar-refractivity contribution in [1.82, 2.24) is 4.98 Å². The van der Waals surface area contributed by atoms with Gasteiger partial charge in [0, 0.05) is 23.1 Å². The number of aromatic nitrogens is 1. The van der Waals surface area contributed by atoms with Crippen molar-refractivity contribution in [3.8, 4) is 11.5 Å². The Labute approximate surface area is 189 Å². The van der Waals surface area contributed by atoms with Gasteiger partial charge in [-0.1, -0.05) is 42.5 Å². The zero-order chi connectivity index (χ0) is 22.3. The van der Waals surface area contributed by atoms with Gasteiger partial charge in [0.25, 0.3) is 5.91 Å². The van der Waals surface area contributed by atoms with Gasteiger partial charge in [-0.15, -0.1) is 11.3 Å². The fourth-order valence-electron chi connectivity index (χ4n) is 3.37. The summed E-state index contributed by atoms with van der Waals surface area (Å²) in [6, 6.07) is 19.4. The molecule has 0 spiro atoms. The molecular formula is C25H22N2O4S. The second-order valence-electron chi connectivity index (χ2n) is 7.04. The van der Waals surface area contributed by atoms with Gasteiger partial charge in [-0.2, -0.15) is 0 Å². The van der Waals surface area contributed by atoms with E-state index in [0.29, 0.717) is 28.8 Å². The maximum absolute atomic E-state index is 12.4. The number of nitrogens with one attached hydrogen (secondary N) is 1. The van der Waals surface area contributed by atoms with E-state index in [4.69, 9.17) is 9.47 Å². The minimum atomic E-state index is -0.321. The Morgan fingerprint density at radius 2 is 1.91 bits per heavy atom. The van der Waals surface area contributed by atoms with E-state index in [1.54, 1.807) is 24.4 Å². The number of hydrogen-bond acceptors (Lipinski definition) is 6. The predicted molar refractivity (Wildman–Crippen MR) is 126 cm³/mol. The van der Waals surface area contributed by atoms with Crippen LogP contribution in [-0.2, 0) is 11.2 Å². The standard InChI is InChI=1S/C25H22N2O4S/c1-2-30-23-12-17(15-28)10-11-22(23)31-16-24(29)27-25-26-14-20(32-25)13-19-8-5-7-18-6-3-4-9-21(18)19/h3-12,14-15H,2,13,16H2,1H3,(H,26,27,29). The highest BCUT2D eigenvalue weighted by Crippen LogP contribution is 2.28. The monoisotopic (exact) mass is 446 g/mol. The first-order chi connectivity index (χ1) is 15.7. The predicted octanol–water partition coefficient (Wildman–Crippen LogP) is 5.12. The normalized spacial score (nSPS) is 10.7. The Morgan fingerprint density at radius 1 is 1.06 bits per heavy atom. The molecule has 1 aromatic heterocycles. The van der Waals surface area contributed by atoms with Gasteiger partial charge in [-0.3, -0.25) is 14.9 Å². The number of nitrogens with zero attached hydrogens (tertiary/aromatic N) is 1. The molecule has 0 fully saturated rings. The first-order valence-corrected chi connectivity index (χ1v) is 11.0. The molecule has 4 aromatic rings. The lowest BCUT2D eigenvalue weighted by Gasteiger charge is -2.11. The first-order valence-electron chi connectivity index (χ1n) is 10.2. The van der Waals surface area contributed by atoms with Crippen molar-refractivity contribution in [3.63, 3.8) is 0 Å². The first kappa shape index (κ1) is 21.5. The maximum Gasteiger partial charge on any atom is 0.264 e. The number of rotatable bonds is 9. The van der Waals surface area contributed by atoms with E-state index in [9.17, 15) is 9.59 Å². The molecule has 0 atom stereocenters. The number of aldehydes is 1. The van der Waals surface area contributed by atoms with Crippen LogP contribution >= 0.6 is 11.3 Å². The van der Waals surface area contributed by atoms with E-state index in [-0.39, 0.29) is 12.5 Å². The number of ether oxygens (including phenoxy) is 2. The van der Waals surface area contributed by atoms with Gasteiger partial charge in [0.1, 0.15) is 6.29 Å². The highest BCUT2D eigenvalue weighted by Gasteiger charge is 2.12. The summed E-state index contributed by atoms with van der Waals surface area (Å²) in [6.07, 6.45) is 3.26. The summed E-state index contributed by atoms with van der Waals surface area (Å²) in [4.78, 5) is 28.7. The van der Waals surface area contributed by atoms with Gasteiger partial charge >= 0.3 is 0 Å². The van der Waals surface area contributed by atoms with Gasteiger partial charge in [0.2, 0.25) is 0 Å². The van der Waals surface area contributed by atoms with Crippen LogP contribution in [0.15, 0.2) is 66.9 Å². The van der Waals surface area contributed by atoms with Crippen LogP contribution in [0.3, 0.4) is 0 Å². The topological polar surface area (TPSA) is 77.5 Å². The summed E-state index contributed by atoms with van der Waals surface area (Å²) < 4.78 is 11.1. The van der Waals surface area contributed by atoms with Crippen molar-refractivity contribution in [3.05, 3.63) is 82.9 Å². The molecule has 7 heteroatoms. The minimum absolute atomic E-state index is 0.196. The van der Waals surface area contributed by atoms with Crippen LogP contribution in [0.2, 0.25) is 0 Å². The van der Waals surface area contributed by atoms with E-state index in [2.05, 4.69) is 40.6 Å². The SMILES string of the molecule is CCOc1cc(C=O)ccc1OCC(=O)Nc1ncc(Cc2cccc3ccccc23)s1. The molecule has 0 saturated carbocycles. The van der Waals surface area contributed by atoms with Crippen molar-refractivity contribution < 1.29 is 19.1 Å². The highest BCUT2D eigenvalue weighted by molar-refractivity contribution is 7.15. The molecule has 6 nitrogen and oxygen atoms in total. The van der Waals surface area contributed by atoms with Crippen LogP contribution in [0.4, 0.5) is 5.13 Å². The summed E-state index contributed by atoms with van der Waals surface area (Å²) in [5.41, 5.74) is 1.70. The Bertz CT molecular complexity index is 1250. The number of carbonyl (C=O) groups is 2. The van der Waals surface area contributed by atoms with E-state index in [1.807, 2.05) is 19.1 Å². The molecule has 0 aliphatic heterocycles. The smallest absolute Gasteiger partial charge is 0.264 e. The average Bonchev–Trinajstić information content (AvgIpc) is 3.25. The molecule has 3 aromatic carbocycles. The molecule has 0 radical (unpaired) electrons. The molecule has 4 rings (SSSR count). The largest absolute Gasteiger partial charge is 0.490 e. The van der Waals surface area contributed by atoms with Gasteiger partial charge in [0.15, 0.2) is 23.2 Å². The summed E-state index contributed by atoms with van der Waals surface area (Å²) in [7, 11) is 0. The lowest BCUT2D eigenvalue weighted by molar-refractivity contribution is -0.118. The third-order valence-electron chi connectivity index (χ3n) is 4.81. The Kier molecular flexibility index (Phi) is 6.77. The second kappa shape index (κ2) is 10.1. The number of anilines is 1. The number of fused-ring (bicyclic) bond motifs is 1. The van der Waals surface area contributed by atoms with E-state index in [0.717, 1.165) is 17.6 Å². The van der Waals surface area contributed by atoms with Crippen molar-refractivity contribution in [2.75, 3.05) is 18.5 Å². The van der Waals surface area contributed by atoms with Crippen LogP contribution in [0.1, 0.15) is 27.7 Å². The van der Waals surface area contributed by atoms with Crippen LogP contribution < -0.4 is 14.8 Å². The van der Waals surface area contributed by atoms with Gasteiger partial charge in [-0.05, 0) is 41.5 Å². The molecule has 0 saturated heterocycles. The third-order valence-corrected chi connectivity index (χ3v) is 5.72. The van der Waals surface area contributed by atoms with Crippen molar-refractivity contribution in [1.29, 1.82) is 0 Å². The molecule has 0 bridgehead atoms. The summed E-state index contributed by atoms with van der Waals surface area (Å²) >= 11 is 1.44. The fourth-order valence-corrected chi connectivity index (χ4v) is 4.22. The summed E-state index contributed by atoms with van der Waals surface area (Å²) in [5, 5.41) is 5.72. The van der Waals surface area contributed by atoms with Gasteiger partial charge < -0.3 is 9.47 Å². The molecule has 0 unspecified atom stereocenters. The number of thiazole rings is 1. The lowest BCUT2D eigenvalue weighted by Crippen LogP contribution is -2.20. The molecule has 1 heterocycles. The molecular weight excluding hydrogens is 424 g/mol. The molecule has 162 valence electrons. The maximum atomic E-state index is 12.4. The quantitative estimate of drug-likeness (QED) is 0.361. The Hall–Kier alpha value is -3.71. The number of hydrogen-bond donors (Lipinski definition) is 1. The van der Waals surface area contributed by atoms with Gasteiger partial charge in [0.05, 0.1) is 6.61 Å². The molecule has 1 amide bonds. The molecule has 32 heavy (non-hydrogen) atoms. The van der Waals surface area contributed by atoms with Crippen molar-refractivity contribution in [2.24, 2.45) is 0 Å². The van der Waals surface area contributed by atoms with Gasteiger partial charge in [-0.25, -0.2) is 4.98 Å². The second-order valence-corrected chi connectivity index (χ2v) is 8.16. The van der Waals surface area contributed by atoms with Crippen LogP contribution in [0.5, 0.6) is 11.5 Å². The van der Waals surface area contributed by atoms with Crippen molar-refractivity contribution in [2.45, 2.75) is 13.3 Å². The van der Waals surface area contributed by atoms with Crippen LogP contribution in [-0.4, -0.2) is 30.4 Å². The molecule has 0 aliphatic carbocycles. The summed E-state index contributed by atoms with van der Waals surface area (Å²) in [6.45, 7) is 2.06. The third kappa shape index (κ3) is 5.12. The van der Waals surface area contributed by atoms with E-state index < -0.39 is 0 Å². The molecule has 0 aliphatic rings. The summed E-state index contributed by atoms with van der Waals surface area (Å²) in [5.74, 6) is 0.512.